The average Bonchev–Trinajstić information content (AvgIpc) is 3.21. The smallest absolute Gasteiger partial charge is 0.231 e. The van der Waals surface area contributed by atoms with Crippen LogP contribution in [0.5, 0.6) is 11.5 Å². The van der Waals surface area contributed by atoms with Crippen molar-refractivity contribution in [1.82, 2.24) is 10.2 Å². The Morgan fingerprint density at radius 2 is 1.82 bits per heavy atom. The number of amides is 1. The van der Waals surface area contributed by atoms with Gasteiger partial charge in [-0.3, -0.25) is 4.79 Å². The van der Waals surface area contributed by atoms with E-state index in [-0.39, 0.29) is 24.0 Å². The molecule has 4 rings (SSSR count). The van der Waals surface area contributed by atoms with Gasteiger partial charge in [0, 0.05) is 12.0 Å². The van der Waals surface area contributed by atoms with Crippen LogP contribution in [0.25, 0.3) is 0 Å². The summed E-state index contributed by atoms with van der Waals surface area (Å²) in [7, 11) is 2.16. The van der Waals surface area contributed by atoms with Gasteiger partial charge in [0.15, 0.2) is 11.5 Å². The SMILES string of the molecule is CC(C(=O)NCC1(c2ccccc2)CCN(C)CC1)c1ccc2c(c1)OCO2. The molecule has 0 saturated carbocycles. The first kappa shape index (κ1) is 18.8. The maximum absolute atomic E-state index is 12.9. The second-order valence-electron chi connectivity index (χ2n) is 8.00. The number of benzene rings is 2. The van der Waals surface area contributed by atoms with E-state index in [1.54, 1.807) is 0 Å². The highest BCUT2D eigenvalue weighted by Gasteiger charge is 2.36. The molecule has 0 spiro atoms. The lowest BCUT2D eigenvalue weighted by Crippen LogP contribution is -2.48. The summed E-state index contributed by atoms with van der Waals surface area (Å²) in [5.74, 6) is 1.26. The minimum absolute atomic E-state index is 0.00195. The minimum atomic E-state index is -0.242. The molecule has 148 valence electrons. The molecule has 1 atom stereocenters. The number of hydrogen-bond acceptors (Lipinski definition) is 4. The molecule has 0 bridgehead atoms. The van der Waals surface area contributed by atoms with Gasteiger partial charge in [-0.15, -0.1) is 0 Å². The molecule has 2 aliphatic rings. The second-order valence-corrected chi connectivity index (χ2v) is 8.00. The highest BCUT2D eigenvalue weighted by molar-refractivity contribution is 5.83. The first-order chi connectivity index (χ1) is 13.6. The van der Waals surface area contributed by atoms with Crippen molar-refractivity contribution >= 4 is 5.91 Å². The van der Waals surface area contributed by atoms with Crippen LogP contribution in [0.4, 0.5) is 0 Å². The molecule has 0 aliphatic carbocycles. The topological polar surface area (TPSA) is 50.8 Å². The van der Waals surface area contributed by atoms with E-state index in [2.05, 4.69) is 41.5 Å². The summed E-state index contributed by atoms with van der Waals surface area (Å²) in [6.45, 7) is 4.94. The van der Waals surface area contributed by atoms with Crippen LogP contribution in [-0.2, 0) is 10.2 Å². The number of fused-ring (bicyclic) bond motifs is 1. The fourth-order valence-corrected chi connectivity index (χ4v) is 4.15. The zero-order chi connectivity index (χ0) is 19.6. The van der Waals surface area contributed by atoms with Crippen LogP contribution < -0.4 is 14.8 Å². The van der Waals surface area contributed by atoms with E-state index in [9.17, 15) is 4.79 Å². The Balaban J connectivity index is 1.47. The Kier molecular flexibility index (Phi) is 5.27. The predicted octanol–water partition coefficient (Wildman–Crippen LogP) is 3.30. The normalized spacial score (nSPS) is 19.2. The maximum atomic E-state index is 12.9. The summed E-state index contributed by atoms with van der Waals surface area (Å²) >= 11 is 0. The van der Waals surface area contributed by atoms with Gasteiger partial charge in [-0.05, 0) is 63.2 Å². The van der Waals surface area contributed by atoms with Crippen molar-refractivity contribution in [2.75, 3.05) is 33.5 Å². The lowest BCUT2D eigenvalue weighted by molar-refractivity contribution is -0.122. The average molecular weight is 380 g/mol. The van der Waals surface area contributed by atoms with Crippen molar-refractivity contribution in [2.45, 2.75) is 31.1 Å². The highest BCUT2D eigenvalue weighted by atomic mass is 16.7. The van der Waals surface area contributed by atoms with Gasteiger partial charge in [0.25, 0.3) is 0 Å². The zero-order valence-corrected chi connectivity index (χ0v) is 16.6. The molecule has 0 aromatic heterocycles. The van der Waals surface area contributed by atoms with E-state index in [0.717, 1.165) is 37.2 Å². The molecule has 1 N–H and O–H groups in total. The first-order valence-electron chi connectivity index (χ1n) is 9.99. The van der Waals surface area contributed by atoms with Gasteiger partial charge in [0.05, 0.1) is 5.92 Å². The molecule has 0 radical (unpaired) electrons. The number of likely N-dealkylation sites (tertiary alicyclic amines) is 1. The van der Waals surface area contributed by atoms with Crippen molar-refractivity contribution < 1.29 is 14.3 Å². The van der Waals surface area contributed by atoms with Crippen molar-refractivity contribution in [2.24, 2.45) is 0 Å². The third-order valence-corrected chi connectivity index (χ3v) is 6.22. The van der Waals surface area contributed by atoms with Gasteiger partial charge in [-0.1, -0.05) is 36.4 Å². The van der Waals surface area contributed by atoms with E-state index >= 15 is 0 Å². The summed E-state index contributed by atoms with van der Waals surface area (Å²) in [5, 5.41) is 3.24. The van der Waals surface area contributed by atoms with Crippen LogP contribution in [0.3, 0.4) is 0 Å². The molecule has 2 aliphatic heterocycles. The summed E-state index contributed by atoms with van der Waals surface area (Å²) in [6.07, 6.45) is 2.10. The molecule has 28 heavy (non-hydrogen) atoms. The zero-order valence-electron chi connectivity index (χ0n) is 16.6. The fourth-order valence-electron chi connectivity index (χ4n) is 4.15. The summed E-state index contributed by atoms with van der Waals surface area (Å²) < 4.78 is 10.8. The number of nitrogens with one attached hydrogen (secondary N) is 1. The number of ether oxygens (including phenoxy) is 2. The van der Waals surface area contributed by atoms with Gasteiger partial charge < -0.3 is 19.7 Å². The van der Waals surface area contributed by atoms with Crippen LogP contribution in [0, 0.1) is 0 Å². The number of nitrogens with zero attached hydrogens (tertiary/aromatic N) is 1. The highest BCUT2D eigenvalue weighted by Crippen LogP contribution is 2.36. The number of piperidine rings is 1. The van der Waals surface area contributed by atoms with Crippen LogP contribution in [0.15, 0.2) is 48.5 Å². The molecule has 2 heterocycles. The van der Waals surface area contributed by atoms with E-state index in [4.69, 9.17) is 9.47 Å². The van der Waals surface area contributed by atoms with E-state index in [1.807, 2.05) is 31.2 Å². The largest absolute Gasteiger partial charge is 0.454 e. The fraction of sp³-hybridized carbons (Fsp3) is 0.435. The Bertz CT molecular complexity index is 829. The third kappa shape index (κ3) is 3.72. The van der Waals surface area contributed by atoms with Gasteiger partial charge in [-0.2, -0.15) is 0 Å². The van der Waals surface area contributed by atoms with E-state index < -0.39 is 0 Å². The molecular weight excluding hydrogens is 352 g/mol. The second kappa shape index (κ2) is 7.84. The van der Waals surface area contributed by atoms with Crippen molar-refractivity contribution in [3.8, 4) is 11.5 Å². The Morgan fingerprint density at radius 1 is 1.11 bits per heavy atom. The number of rotatable bonds is 5. The van der Waals surface area contributed by atoms with Gasteiger partial charge >= 0.3 is 0 Å². The molecule has 1 fully saturated rings. The molecule has 1 unspecified atom stereocenters. The van der Waals surface area contributed by atoms with Gasteiger partial charge in [0.1, 0.15) is 0 Å². The molecule has 2 aromatic carbocycles. The van der Waals surface area contributed by atoms with Crippen LogP contribution in [0.1, 0.15) is 36.8 Å². The predicted molar refractivity (Wildman–Crippen MR) is 109 cm³/mol. The maximum Gasteiger partial charge on any atom is 0.231 e. The summed E-state index contributed by atoms with van der Waals surface area (Å²) in [5.41, 5.74) is 2.26. The number of carbonyl (C=O) groups excluding carboxylic acids is 1. The van der Waals surface area contributed by atoms with E-state index in [1.165, 1.54) is 5.56 Å². The van der Waals surface area contributed by atoms with Crippen LogP contribution >= 0.6 is 0 Å². The molecule has 5 heteroatoms. The van der Waals surface area contributed by atoms with Crippen LogP contribution in [-0.4, -0.2) is 44.3 Å². The molecule has 1 saturated heterocycles. The molecular formula is C23H28N2O3. The van der Waals surface area contributed by atoms with Gasteiger partial charge in [-0.25, -0.2) is 0 Å². The molecule has 5 nitrogen and oxygen atoms in total. The number of carbonyl (C=O) groups is 1. The monoisotopic (exact) mass is 380 g/mol. The lowest BCUT2D eigenvalue weighted by Gasteiger charge is -2.41. The standard InChI is InChI=1S/C23H28N2O3/c1-17(18-8-9-20-21(14-18)28-16-27-20)22(26)24-15-23(10-12-25(2)13-11-23)19-6-4-3-5-7-19/h3-9,14,17H,10-13,15-16H2,1-2H3,(H,24,26). The van der Waals surface area contributed by atoms with Crippen molar-refractivity contribution in [1.29, 1.82) is 0 Å². The van der Waals surface area contributed by atoms with Crippen molar-refractivity contribution in [3.05, 3.63) is 59.7 Å². The third-order valence-electron chi connectivity index (χ3n) is 6.22. The first-order valence-corrected chi connectivity index (χ1v) is 9.99. The van der Waals surface area contributed by atoms with Crippen LogP contribution in [0.2, 0.25) is 0 Å². The molecule has 1 amide bonds. The summed E-state index contributed by atoms with van der Waals surface area (Å²) in [6, 6.07) is 16.3. The number of hydrogen-bond donors (Lipinski definition) is 1. The minimum Gasteiger partial charge on any atom is -0.454 e. The Morgan fingerprint density at radius 3 is 2.57 bits per heavy atom. The Hall–Kier alpha value is -2.53. The quantitative estimate of drug-likeness (QED) is 0.865. The van der Waals surface area contributed by atoms with Crippen molar-refractivity contribution in [3.63, 3.8) is 0 Å². The molecule has 2 aromatic rings. The summed E-state index contributed by atoms with van der Waals surface area (Å²) in [4.78, 5) is 15.3. The van der Waals surface area contributed by atoms with Gasteiger partial charge in [0.2, 0.25) is 12.7 Å². The lowest BCUT2D eigenvalue weighted by atomic mass is 9.72. The Labute approximate surface area is 166 Å². The van der Waals surface area contributed by atoms with E-state index in [0.29, 0.717) is 12.3 Å².